The molecule has 6 aromatic rings. The summed E-state index contributed by atoms with van der Waals surface area (Å²) < 4.78 is 2.94. The molecule has 0 saturated heterocycles. The molecule has 0 bridgehead atoms. The predicted octanol–water partition coefficient (Wildman–Crippen LogP) is 10.5. The molecule has 2 heterocycles. The summed E-state index contributed by atoms with van der Waals surface area (Å²) in [5.41, 5.74) is 11.6. The van der Waals surface area contributed by atoms with Gasteiger partial charge in [-0.05, 0) is 94.8 Å². The van der Waals surface area contributed by atoms with Crippen molar-refractivity contribution < 1.29 is 0 Å². The first-order valence-electron chi connectivity index (χ1n) is 14.0. The highest BCUT2D eigenvalue weighted by molar-refractivity contribution is 7.20. The Bertz CT molecular complexity index is 1650. The monoisotopic (exact) mass is 528 g/mol. The van der Waals surface area contributed by atoms with Crippen LogP contribution in [0, 0.1) is 0 Å². The summed E-state index contributed by atoms with van der Waals surface area (Å²) in [5, 5.41) is 2.80. The Morgan fingerprint density at radius 1 is 0.474 bits per heavy atom. The van der Waals surface area contributed by atoms with Crippen LogP contribution in [0.4, 0.5) is 0 Å². The molecule has 0 N–H and O–H groups in total. The Labute approximate surface area is 233 Å². The van der Waals surface area contributed by atoms with Crippen molar-refractivity contribution in [2.75, 3.05) is 0 Å². The highest BCUT2D eigenvalue weighted by Crippen LogP contribution is 2.56. The van der Waals surface area contributed by atoms with Crippen LogP contribution in [0.5, 0.6) is 0 Å². The Morgan fingerprint density at radius 2 is 0.921 bits per heavy atom. The van der Waals surface area contributed by atoms with Crippen LogP contribution in [-0.4, -0.2) is 0 Å². The van der Waals surface area contributed by atoms with E-state index in [-0.39, 0.29) is 0 Å². The number of rotatable bonds is 8. The first-order chi connectivity index (χ1) is 18.7. The quantitative estimate of drug-likeness (QED) is 0.184. The first-order valence-corrected chi connectivity index (χ1v) is 15.6. The fourth-order valence-corrected chi connectivity index (χ4v) is 8.43. The van der Waals surface area contributed by atoms with Crippen molar-refractivity contribution in [3.05, 3.63) is 117 Å². The number of aryl methyl sites for hydroxylation is 6. The van der Waals surface area contributed by atoms with Gasteiger partial charge in [-0.15, -0.1) is 22.7 Å². The summed E-state index contributed by atoms with van der Waals surface area (Å²) in [6.45, 7) is 4.47. The van der Waals surface area contributed by atoms with E-state index in [4.69, 9.17) is 0 Å². The van der Waals surface area contributed by atoms with Crippen LogP contribution in [0.15, 0.2) is 84.9 Å². The van der Waals surface area contributed by atoms with Crippen molar-refractivity contribution in [1.82, 2.24) is 0 Å². The van der Waals surface area contributed by atoms with Gasteiger partial charge < -0.3 is 0 Å². The lowest BCUT2D eigenvalue weighted by molar-refractivity contribution is 0.973. The molecule has 1 aliphatic carbocycles. The summed E-state index contributed by atoms with van der Waals surface area (Å²) in [5.74, 6) is 0. The van der Waals surface area contributed by atoms with Crippen LogP contribution in [0.2, 0.25) is 0 Å². The van der Waals surface area contributed by atoms with Gasteiger partial charge in [0.25, 0.3) is 0 Å². The highest BCUT2D eigenvalue weighted by Gasteiger charge is 2.28. The molecular weight excluding hydrogens is 497 g/mol. The summed E-state index contributed by atoms with van der Waals surface area (Å²) in [6, 6.07) is 32.5. The van der Waals surface area contributed by atoms with Crippen molar-refractivity contribution in [2.24, 2.45) is 0 Å². The maximum absolute atomic E-state index is 2.43. The molecule has 2 heteroatoms. The average Bonchev–Trinajstić information content (AvgIpc) is 3.55. The van der Waals surface area contributed by atoms with E-state index in [2.05, 4.69) is 98.8 Å². The third-order valence-electron chi connectivity index (χ3n) is 8.13. The summed E-state index contributed by atoms with van der Waals surface area (Å²) >= 11 is 4.01. The SMILES string of the molecule is CCc1cccc(CCc2cc3ccc4c(c3s2)-c2ccc3cc(CCc5cccc(CC)c5)sc3c2-4)c1. The number of fused-ring (bicyclic) bond motifs is 8. The fourth-order valence-electron chi connectivity index (χ4n) is 5.99. The molecule has 188 valence electrons. The fraction of sp³-hybridized carbons (Fsp3) is 0.222. The number of hydrogen-bond donors (Lipinski definition) is 0. The largest absolute Gasteiger partial charge is 0.140 e. The van der Waals surface area contributed by atoms with Gasteiger partial charge in [0.15, 0.2) is 0 Å². The van der Waals surface area contributed by atoms with Crippen LogP contribution >= 0.6 is 22.7 Å². The summed E-state index contributed by atoms with van der Waals surface area (Å²) in [7, 11) is 0. The zero-order valence-corrected chi connectivity index (χ0v) is 23.8. The van der Waals surface area contributed by atoms with Crippen molar-refractivity contribution in [3.63, 3.8) is 0 Å². The minimum Gasteiger partial charge on any atom is -0.140 e. The summed E-state index contributed by atoms with van der Waals surface area (Å²) in [6.07, 6.45) is 6.66. The first kappa shape index (κ1) is 23.9. The lowest BCUT2D eigenvalue weighted by atomic mass is 9.79. The van der Waals surface area contributed by atoms with Crippen LogP contribution in [0.25, 0.3) is 42.4 Å². The highest BCUT2D eigenvalue weighted by atomic mass is 32.1. The van der Waals surface area contributed by atoms with E-state index in [1.165, 1.54) is 74.4 Å². The van der Waals surface area contributed by atoms with Gasteiger partial charge in [0.1, 0.15) is 0 Å². The molecule has 38 heavy (non-hydrogen) atoms. The Hall–Kier alpha value is -3.20. The Kier molecular flexibility index (Phi) is 6.18. The van der Waals surface area contributed by atoms with E-state index in [1.807, 2.05) is 22.7 Å². The van der Waals surface area contributed by atoms with Gasteiger partial charge in [0, 0.05) is 30.3 Å². The lowest BCUT2D eigenvalue weighted by Gasteiger charge is -2.25. The van der Waals surface area contributed by atoms with Crippen molar-refractivity contribution >= 4 is 42.8 Å². The normalized spacial score (nSPS) is 12.1. The van der Waals surface area contributed by atoms with Gasteiger partial charge >= 0.3 is 0 Å². The minimum absolute atomic E-state index is 1.11. The van der Waals surface area contributed by atoms with Crippen molar-refractivity contribution in [1.29, 1.82) is 0 Å². The van der Waals surface area contributed by atoms with E-state index in [0.717, 1.165) is 38.5 Å². The maximum Gasteiger partial charge on any atom is 0.0430 e. The van der Waals surface area contributed by atoms with Gasteiger partial charge in [-0.1, -0.05) is 86.6 Å². The smallest absolute Gasteiger partial charge is 0.0430 e. The van der Waals surface area contributed by atoms with E-state index < -0.39 is 0 Å². The molecule has 0 aliphatic heterocycles. The molecule has 2 aromatic heterocycles. The second-order valence-corrected chi connectivity index (χ2v) is 12.9. The van der Waals surface area contributed by atoms with Gasteiger partial charge in [0.05, 0.1) is 0 Å². The molecule has 0 spiro atoms. The molecule has 0 saturated carbocycles. The van der Waals surface area contributed by atoms with Crippen LogP contribution in [-0.2, 0) is 38.5 Å². The molecule has 0 radical (unpaired) electrons. The molecule has 7 rings (SSSR count). The third-order valence-corrected chi connectivity index (χ3v) is 10.6. The zero-order chi connectivity index (χ0) is 25.6. The molecule has 0 amide bonds. The van der Waals surface area contributed by atoms with Gasteiger partial charge in [0.2, 0.25) is 0 Å². The van der Waals surface area contributed by atoms with Crippen molar-refractivity contribution in [2.45, 2.75) is 52.4 Å². The lowest BCUT2D eigenvalue weighted by Crippen LogP contribution is -1.98. The van der Waals surface area contributed by atoms with Gasteiger partial charge in [-0.3, -0.25) is 0 Å². The average molecular weight is 529 g/mol. The van der Waals surface area contributed by atoms with E-state index in [9.17, 15) is 0 Å². The molecular formula is C36H32S2. The Balaban J connectivity index is 1.14. The van der Waals surface area contributed by atoms with E-state index in [1.54, 1.807) is 0 Å². The van der Waals surface area contributed by atoms with E-state index >= 15 is 0 Å². The van der Waals surface area contributed by atoms with Gasteiger partial charge in [-0.2, -0.15) is 0 Å². The number of hydrogen-bond acceptors (Lipinski definition) is 2. The molecule has 0 unspecified atom stereocenters. The topological polar surface area (TPSA) is 0 Å². The minimum atomic E-state index is 1.11. The Morgan fingerprint density at radius 3 is 1.37 bits per heavy atom. The predicted molar refractivity (Wildman–Crippen MR) is 168 cm³/mol. The van der Waals surface area contributed by atoms with E-state index in [0.29, 0.717) is 0 Å². The van der Waals surface area contributed by atoms with Crippen LogP contribution < -0.4 is 0 Å². The van der Waals surface area contributed by atoms with Crippen molar-refractivity contribution in [3.8, 4) is 22.3 Å². The molecule has 4 aromatic carbocycles. The second kappa shape index (κ2) is 9.84. The number of thiophene rings is 2. The molecule has 0 fully saturated rings. The standard InChI is InChI=1S/C36H32S2/c1-3-23-7-5-9-25(19-23)11-15-29-21-27-13-17-31-33(35(27)37-29)32-18-14-28-22-30(38-36(28)34(31)32)16-12-26-10-6-8-24(4-2)20-26/h5-10,13-14,17-22H,3-4,11-12,15-16H2,1-2H3. The maximum atomic E-state index is 2.43. The second-order valence-electron chi connectivity index (χ2n) is 10.6. The number of benzene rings is 4. The van der Waals surface area contributed by atoms with Crippen LogP contribution in [0.1, 0.15) is 45.9 Å². The zero-order valence-electron chi connectivity index (χ0n) is 22.1. The molecule has 1 aliphatic rings. The molecule has 0 nitrogen and oxygen atoms in total. The third kappa shape index (κ3) is 4.21. The van der Waals surface area contributed by atoms with Gasteiger partial charge in [-0.25, -0.2) is 0 Å². The summed E-state index contributed by atoms with van der Waals surface area (Å²) in [4.78, 5) is 2.99. The molecule has 0 atom stereocenters. The van der Waals surface area contributed by atoms with Crippen LogP contribution in [0.3, 0.4) is 0 Å².